The second-order valence-electron chi connectivity index (χ2n) is 3.77. The van der Waals surface area contributed by atoms with Crippen molar-refractivity contribution in [3.63, 3.8) is 0 Å². The minimum Gasteiger partial charge on any atom is -0.508 e. The molecule has 0 aliphatic heterocycles. The number of phenols is 1. The summed E-state index contributed by atoms with van der Waals surface area (Å²) in [6, 6.07) is 6.61. The van der Waals surface area contributed by atoms with Crippen molar-refractivity contribution in [1.29, 1.82) is 0 Å². The van der Waals surface area contributed by atoms with Crippen molar-refractivity contribution in [1.82, 2.24) is 4.72 Å². The standard InChI is InChI=1S/C10H16N2O3S/c1-8(12-16(11,14)15)2-3-9-4-6-10(13)7-5-9/h4-8,12-13H,2-3H2,1H3,(H2,11,14,15). The van der Waals surface area contributed by atoms with E-state index in [0.717, 1.165) is 12.0 Å². The zero-order chi connectivity index (χ0) is 12.2. The zero-order valence-corrected chi connectivity index (χ0v) is 9.87. The number of rotatable bonds is 5. The second-order valence-corrected chi connectivity index (χ2v) is 5.09. The Morgan fingerprint density at radius 1 is 1.38 bits per heavy atom. The molecule has 1 unspecified atom stereocenters. The average Bonchev–Trinajstić information content (AvgIpc) is 2.14. The van der Waals surface area contributed by atoms with Crippen LogP contribution in [0.1, 0.15) is 18.9 Å². The summed E-state index contributed by atoms with van der Waals surface area (Å²) in [6.07, 6.45) is 1.38. The predicted molar refractivity (Wildman–Crippen MR) is 62.1 cm³/mol. The lowest BCUT2D eigenvalue weighted by atomic mass is 10.1. The Morgan fingerprint density at radius 3 is 2.44 bits per heavy atom. The first-order chi connectivity index (χ1) is 7.37. The maximum absolute atomic E-state index is 10.7. The van der Waals surface area contributed by atoms with E-state index in [1.807, 2.05) is 0 Å². The number of nitrogens with two attached hydrogens (primary N) is 1. The van der Waals surface area contributed by atoms with E-state index in [-0.39, 0.29) is 11.8 Å². The van der Waals surface area contributed by atoms with Gasteiger partial charge in [0, 0.05) is 6.04 Å². The van der Waals surface area contributed by atoms with Gasteiger partial charge in [-0.1, -0.05) is 12.1 Å². The van der Waals surface area contributed by atoms with Gasteiger partial charge in [-0.15, -0.1) is 0 Å². The highest BCUT2D eigenvalue weighted by Gasteiger charge is 2.08. The van der Waals surface area contributed by atoms with Gasteiger partial charge in [0.25, 0.3) is 10.2 Å². The number of hydrogen-bond donors (Lipinski definition) is 3. The molecule has 0 fully saturated rings. The Kier molecular flexibility index (Phi) is 4.28. The van der Waals surface area contributed by atoms with Gasteiger partial charge >= 0.3 is 0 Å². The first-order valence-corrected chi connectivity index (χ1v) is 6.49. The largest absolute Gasteiger partial charge is 0.508 e. The molecule has 6 heteroatoms. The van der Waals surface area contributed by atoms with Crippen LogP contribution in [0.5, 0.6) is 5.75 Å². The van der Waals surface area contributed by atoms with Gasteiger partial charge in [-0.25, -0.2) is 5.14 Å². The lowest BCUT2D eigenvalue weighted by Gasteiger charge is -2.11. The van der Waals surface area contributed by atoms with Gasteiger partial charge in [0.2, 0.25) is 0 Å². The normalized spacial score (nSPS) is 13.6. The molecule has 0 spiro atoms. The number of aromatic hydroxyl groups is 1. The maximum Gasteiger partial charge on any atom is 0.274 e. The highest BCUT2D eigenvalue weighted by atomic mass is 32.2. The summed E-state index contributed by atoms with van der Waals surface area (Å²) in [6.45, 7) is 1.75. The van der Waals surface area contributed by atoms with Gasteiger partial charge in [-0.2, -0.15) is 13.1 Å². The lowest BCUT2D eigenvalue weighted by Crippen LogP contribution is -2.37. The topological polar surface area (TPSA) is 92.4 Å². The summed E-state index contributed by atoms with van der Waals surface area (Å²) in [5, 5.41) is 13.9. The van der Waals surface area contributed by atoms with Gasteiger partial charge < -0.3 is 5.11 Å². The highest BCUT2D eigenvalue weighted by Crippen LogP contribution is 2.11. The summed E-state index contributed by atoms with van der Waals surface area (Å²) in [4.78, 5) is 0. The van der Waals surface area contributed by atoms with E-state index in [4.69, 9.17) is 10.2 Å². The van der Waals surface area contributed by atoms with Crippen LogP contribution in [0, 0.1) is 0 Å². The van der Waals surface area contributed by atoms with Gasteiger partial charge in [-0.05, 0) is 37.5 Å². The highest BCUT2D eigenvalue weighted by molar-refractivity contribution is 7.87. The Morgan fingerprint density at radius 2 is 1.94 bits per heavy atom. The molecule has 16 heavy (non-hydrogen) atoms. The van der Waals surface area contributed by atoms with Crippen molar-refractivity contribution in [2.24, 2.45) is 5.14 Å². The van der Waals surface area contributed by atoms with E-state index in [1.54, 1.807) is 31.2 Å². The molecule has 0 aliphatic carbocycles. The van der Waals surface area contributed by atoms with Crippen LogP contribution in [0.3, 0.4) is 0 Å². The number of hydrogen-bond acceptors (Lipinski definition) is 3. The number of nitrogens with one attached hydrogen (secondary N) is 1. The fourth-order valence-electron chi connectivity index (χ4n) is 1.39. The third-order valence-electron chi connectivity index (χ3n) is 2.17. The van der Waals surface area contributed by atoms with Gasteiger partial charge in [0.1, 0.15) is 5.75 Å². The summed E-state index contributed by atoms with van der Waals surface area (Å²) in [5.41, 5.74) is 1.04. The van der Waals surface area contributed by atoms with Crippen molar-refractivity contribution in [3.8, 4) is 5.75 Å². The van der Waals surface area contributed by atoms with E-state index in [2.05, 4.69) is 4.72 Å². The number of aryl methyl sites for hydroxylation is 1. The van der Waals surface area contributed by atoms with Crippen molar-refractivity contribution >= 4 is 10.2 Å². The fourth-order valence-corrected chi connectivity index (χ4v) is 2.06. The van der Waals surface area contributed by atoms with Crippen LogP contribution in [0.2, 0.25) is 0 Å². The first kappa shape index (κ1) is 13.0. The van der Waals surface area contributed by atoms with E-state index in [0.29, 0.717) is 6.42 Å². The molecule has 1 atom stereocenters. The molecule has 0 saturated heterocycles. The molecule has 5 nitrogen and oxygen atoms in total. The van der Waals surface area contributed by atoms with E-state index < -0.39 is 10.2 Å². The minimum atomic E-state index is -3.62. The molecule has 90 valence electrons. The maximum atomic E-state index is 10.7. The monoisotopic (exact) mass is 244 g/mol. The lowest BCUT2D eigenvalue weighted by molar-refractivity contribution is 0.475. The summed E-state index contributed by atoms with van der Waals surface area (Å²) < 4.78 is 23.8. The average molecular weight is 244 g/mol. The summed E-state index contributed by atoms with van der Waals surface area (Å²) in [5.74, 6) is 0.222. The molecule has 1 aromatic carbocycles. The van der Waals surface area contributed by atoms with Crippen molar-refractivity contribution in [3.05, 3.63) is 29.8 Å². The van der Waals surface area contributed by atoms with Crippen LogP contribution in [0.25, 0.3) is 0 Å². The van der Waals surface area contributed by atoms with Crippen LogP contribution in [0.4, 0.5) is 0 Å². The third kappa shape index (κ3) is 5.11. The van der Waals surface area contributed by atoms with Crippen molar-refractivity contribution < 1.29 is 13.5 Å². The van der Waals surface area contributed by atoms with Gasteiger partial charge in [0.15, 0.2) is 0 Å². The molecule has 1 rings (SSSR count). The smallest absolute Gasteiger partial charge is 0.274 e. The van der Waals surface area contributed by atoms with Crippen molar-refractivity contribution in [2.75, 3.05) is 0 Å². The zero-order valence-electron chi connectivity index (χ0n) is 9.05. The number of benzene rings is 1. The molecule has 0 heterocycles. The van der Waals surface area contributed by atoms with Gasteiger partial charge in [-0.3, -0.25) is 0 Å². The molecule has 0 bridgehead atoms. The van der Waals surface area contributed by atoms with Gasteiger partial charge in [0.05, 0.1) is 0 Å². The van der Waals surface area contributed by atoms with Crippen LogP contribution >= 0.6 is 0 Å². The Hall–Kier alpha value is -1.11. The summed E-state index contributed by atoms with van der Waals surface area (Å²) in [7, 11) is -3.62. The van der Waals surface area contributed by atoms with Crippen LogP contribution in [0.15, 0.2) is 24.3 Å². The Balaban J connectivity index is 2.43. The summed E-state index contributed by atoms with van der Waals surface area (Å²) >= 11 is 0. The molecule has 1 aromatic rings. The molecular weight excluding hydrogens is 228 g/mol. The van der Waals surface area contributed by atoms with Crippen LogP contribution < -0.4 is 9.86 Å². The third-order valence-corrected chi connectivity index (χ3v) is 2.90. The molecule has 4 N–H and O–H groups in total. The fraction of sp³-hybridized carbons (Fsp3) is 0.400. The van der Waals surface area contributed by atoms with E-state index in [1.165, 1.54) is 0 Å². The number of phenolic OH excluding ortho intramolecular Hbond substituents is 1. The molecule has 0 aromatic heterocycles. The van der Waals surface area contributed by atoms with Crippen molar-refractivity contribution in [2.45, 2.75) is 25.8 Å². The SMILES string of the molecule is CC(CCc1ccc(O)cc1)NS(N)(=O)=O. The molecule has 0 amide bonds. The molecule has 0 aliphatic rings. The molecular formula is C10H16N2O3S. The Bertz CT molecular complexity index is 428. The molecule has 0 saturated carbocycles. The minimum absolute atomic E-state index is 0.205. The Labute approximate surface area is 95.5 Å². The quantitative estimate of drug-likeness (QED) is 0.704. The van der Waals surface area contributed by atoms with E-state index >= 15 is 0 Å². The van der Waals surface area contributed by atoms with Crippen LogP contribution in [-0.4, -0.2) is 19.6 Å². The van der Waals surface area contributed by atoms with Crippen LogP contribution in [-0.2, 0) is 16.6 Å². The predicted octanol–water partition coefficient (Wildman–Crippen LogP) is 0.506. The second kappa shape index (κ2) is 5.29. The first-order valence-electron chi connectivity index (χ1n) is 4.95. The molecule has 0 radical (unpaired) electrons. The van der Waals surface area contributed by atoms with E-state index in [9.17, 15) is 8.42 Å².